The van der Waals surface area contributed by atoms with E-state index in [4.69, 9.17) is 0 Å². The molecule has 2 nitrogen and oxygen atoms in total. The summed E-state index contributed by atoms with van der Waals surface area (Å²) in [7, 11) is 4.34. The minimum Gasteiger partial charge on any atom is -0.344 e. The van der Waals surface area contributed by atoms with Crippen molar-refractivity contribution in [3.8, 4) is 11.1 Å². The topological polar surface area (TPSA) is 9.86 Å². The van der Waals surface area contributed by atoms with E-state index in [1.807, 2.05) is 0 Å². The van der Waals surface area contributed by atoms with Crippen LogP contribution in [0.3, 0.4) is 0 Å². The lowest BCUT2D eigenvalue weighted by Gasteiger charge is -2.09. The summed E-state index contributed by atoms with van der Waals surface area (Å²) in [5, 5.41) is 5.27. The highest BCUT2D eigenvalue weighted by atomic mass is 14.9. The molecule has 0 amide bonds. The minimum atomic E-state index is 1.27. The highest BCUT2D eigenvalue weighted by Crippen LogP contribution is 2.40. The monoisotopic (exact) mass is 360 g/mol. The molecule has 6 aromatic rings. The van der Waals surface area contributed by atoms with Gasteiger partial charge in [-0.05, 0) is 23.8 Å². The lowest BCUT2D eigenvalue weighted by atomic mass is 9.97. The van der Waals surface area contributed by atoms with E-state index < -0.39 is 0 Å². The molecule has 0 saturated carbocycles. The molecule has 0 aliphatic carbocycles. The Morgan fingerprint density at radius 3 is 1.86 bits per heavy atom. The SMILES string of the molecule is Cn1c2ccccc2c2c(-c3cccc4c5ccccc5n(C)c34)cccc21. The standard InChI is InChI=1S/C26H20N2/c1-27-23-15-6-4-10-21(23)25-18(11-8-16-24(25)27)20-13-7-12-19-17-9-3-5-14-22(17)28(2)26(19)20/h3-16H,1-2H3. The Hall–Kier alpha value is -3.52. The zero-order valence-electron chi connectivity index (χ0n) is 16.0. The molecule has 0 unspecified atom stereocenters. The summed E-state index contributed by atoms with van der Waals surface area (Å²) in [6.45, 7) is 0. The van der Waals surface area contributed by atoms with Crippen molar-refractivity contribution >= 4 is 43.6 Å². The van der Waals surface area contributed by atoms with Gasteiger partial charge in [0.1, 0.15) is 0 Å². The summed E-state index contributed by atoms with van der Waals surface area (Å²) >= 11 is 0. The second-order valence-corrected chi connectivity index (χ2v) is 7.55. The number of fused-ring (bicyclic) bond motifs is 6. The molecule has 2 heteroatoms. The van der Waals surface area contributed by atoms with Crippen LogP contribution in [0.4, 0.5) is 0 Å². The first-order valence-electron chi connectivity index (χ1n) is 9.68. The van der Waals surface area contributed by atoms with Crippen LogP contribution in [0.5, 0.6) is 0 Å². The van der Waals surface area contributed by atoms with Gasteiger partial charge in [-0.3, -0.25) is 0 Å². The first-order chi connectivity index (χ1) is 13.8. The van der Waals surface area contributed by atoms with Crippen LogP contribution in [0.15, 0.2) is 84.9 Å². The van der Waals surface area contributed by atoms with Gasteiger partial charge in [0.05, 0.1) is 5.52 Å². The van der Waals surface area contributed by atoms with Gasteiger partial charge in [0.15, 0.2) is 0 Å². The van der Waals surface area contributed by atoms with Crippen LogP contribution in [0.25, 0.3) is 54.7 Å². The maximum atomic E-state index is 2.34. The number of nitrogens with zero attached hydrogens (tertiary/aromatic N) is 2. The summed E-state index contributed by atoms with van der Waals surface area (Å²) in [5.41, 5.74) is 7.70. The van der Waals surface area contributed by atoms with Gasteiger partial charge in [0, 0.05) is 57.8 Å². The van der Waals surface area contributed by atoms with Gasteiger partial charge in [0.2, 0.25) is 0 Å². The third-order valence-corrected chi connectivity index (χ3v) is 6.16. The van der Waals surface area contributed by atoms with Gasteiger partial charge < -0.3 is 9.13 Å². The van der Waals surface area contributed by atoms with E-state index in [1.54, 1.807) is 0 Å². The molecule has 0 bridgehead atoms. The van der Waals surface area contributed by atoms with Gasteiger partial charge in [-0.2, -0.15) is 0 Å². The van der Waals surface area contributed by atoms with E-state index in [9.17, 15) is 0 Å². The molecule has 2 aromatic heterocycles. The van der Waals surface area contributed by atoms with Crippen LogP contribution in [-0.2, 0) is 14.1 Å². The predicted molar refractivity (Wildman–Crippen MR) is 120 cm³/mol. The Kier molecular flexibility index (Phi) is 3.05. The molecule has 0 aliphatic heterocycles. The second kappa shape index (κ2) is 5.49. The smallest absolute Gasteiger partial charge is 0.0568 e. The van der Waals surface area contributed by atoms with Gasteiger partial charge in [-0.15, -0.1) is 0 Å². The van der Waals surface area contributed by atoms with Crippen molar-refractivity contribution in [3.63, 3.8) is 0 Å². The summed E-state index contributed by atoms with van der Waals surface area (Å²) in [4.78, 5) is 0. The fourth-order valence-electron chi connectivity index (χ4n) is 4.89. The number of hydrogen-bond donors (Lipinski definition) is 0. The molecule has 0 fully saturated rings. The van der Waals surface area contributed by atoms with Gasteiger partial charge in [-0.25, -0.2) is 0 Å². The largest absolute Gasteiger partial charge is 0.344 e. The first-order valence-corrected chi connectivity index (χ1v) is 9.68. The van der Waals surface area contributed by atoms with Crippen molar-refractivity contribution in [1.29, 1.82) is 0 Å². The molecule has 0 aliphatic rings. The zero-order chi connectivity index (χ0) is 18.8. The van der Waals surface area contributed by atoms with Crippen molar-refractivity contribution in [1.82, 2.24) is 9.13 Å². The molecular weight excluding hydrogens is 340 g/mol. The Labute approximate surface area is 163 Å². The average molecular weight is 360 g/mol. The summed E-state index contributed by atoms with van der Waals surface area (Å²) in [6.07, 6.45) is 0. The number of hydrogen-bond acceptors (Lipinski definition) is 0. The minimum absolute atomic E-state index is 1.27. The molecule has 134 valence electrons. The predicted octanol–water partition coefficient (Wildman–Crippen LogP) is 6.64. The molecule has 28 heavy (non-hydrogen) atoms. The van der Waals surface area contributed by atoms with Crippen LogP contribution in [0.1, 0.15) is 0 Å². The zero-order valence-corrected chi connectivity index (χ0v) is 16.0. The quantitative estimate of drug-likeness (QED) is 0.311. The fourth-order valence-corrected chi connectivity index (χ4v) is 4.89. The molecule has 0 atom stereocenters. The van der Waals surface area contributed by atoms with Crippen molar-refractivity contribution < 1.29 is 0 Å². The number of aryl methyl sites for hydroxylation is 2. The average Bonchev–Trinajstić information content (AvgIpc) is 3.21. The van der Waals surface area contributed by atoms with Crippen molar-refractivity contribution in [2.75, 3.05) is 0 Å². The van der Waals surface area contributed by atoms with Crippen molar-refractivity contribution in [3.05, 3.63) is 84.9 Å². The lowest BCUT2D eigenvalue weighted by Crippen LogP contribution is -1.91. The van der Waals surface area contributed by atoms with Crippen LogP contribution < -0.4 is 0 Å². The summed E-state index contributed by atoms with van der Waals surface area (Å²) < 4.78 is 4.64. The van der Waals surface area contributed by atoms with Crippen molar-refractivity contribution in [2.24, 2.45) is 14.1 Å². The van der Waals surface area contributed by atoms with Gasteiger partial charge in [-0.1, -0.05) is 66.7 Å². The molecule has 0 N–H and O–H groups in total. The second-order valence-electron chi connectivity index (χ2n) is 7.55. The maximum Gasteiger partial charge on any atom is 0.0568 e. The Morgan fingerprint density at radius 2 is 1.04 bits per heavy atom. The number of benzene rings is 4. The molecule has 0 saturated heterocycles. The Morgan fingerprint density at radius 1 is 0.464 bits per heavy atom. The van der Waals surface area contributed by atoms with E-state index in [0.29, 0.717) is 0 Å². The molecule has 2 heterocycles. The van der Waals surface area contributed by atoms with E-state index in [1.165, 1.54) is 54.7 Å². The molecule has 0 spiro atoms. The van der Waals surface area contributed by atoms with E-state index in [2.05, 4.69) is 108 Å². The molecule has 6 rings (SSSR count). The molecular formula is C26H20N2. The van der Waals surface area contributed by atoms with Gasteiger partial charge in [0.25, 0.3) is 0 Å². The Bertz CT molecular complexity index is 1530. The van der Waals surface area contributed by atoms with Crippen LogP contribution in [0.2, 0.25) is 0 Å². The van der Waals surface area contributed by atoms with Crippen LogP contribution in [-0.4, -0.2) is 9.13 Å². The van der Waals surface area contributed by atoms with Gasteiger partial charge >= 0.3 is 0 Å². The number of rotatable bonds is 1. The third kappa shape index (κ3) is 1.87. The highest BCUT2D eigenvalue weighted by molar-refractivity contribution is 6.19. The first kappa shape index (κ1) is 15.5. The maximum absolute atomic E-state index is 2.34. The number of aromatic nitrogens is 2. The van der Waals surface area contributed by atoms with Crippen LogP contribution >= 0.6 is 0 Å². The normalized spacial score (nSPS) is 11.9. The van der Waals surface area contributed by atoms with E-state index >= 15 is 0 Å². The molecule has 0 radical (unpaired) electrons. The summed E-state index contributed by atoms with van der Waals surface area (Å²) in [5.74, 6) is 0. The number of para-hydroxylation sites is 3. The third-order valence-electron chi connectivity index (χ3n) is 6.16. The lowest BCUT2D eigenvalue weighted by molar-refractivity contribution is 1.01. The summed E-state index contributed by atoms with van der Waals surface area (Å²) in [6, 6.07) is 30.7. The fraction of sp³-hybridized carbons (Fsp3) is 0.0769. The highest BCUT2D eigenvalue weighted by Gasteiger charge is 2.17. The van der Waals surface area contributed by atoms with E-state index in [-0.39, 0.29) is 0 Å². The van der Waals surface area contributed by atoms with Crippen LogP contribution in [0, 0.1) is 0 Å². The van der Waals surface area contributed by atoms with E-state index in [0.717, 1.165) is 0 Å². The van der Waals surface area contributed by atoms with Crippen molar-refractivity contribution in [2.45, 2.75) is 0 Å². The molecule has 4 aromatic carbocycles. The Balaban J connectivity index is 1.83.